The van der Waals surface area contributed by atoms with E-state index in [9.17, 15) is 9.90 Å². The van der Waals surface area contributed by atoms with Crippen LogP contribution in [0, 0.1) is 5.92 Å². The van der Waals surface area contributed by atoms with E-state index in [0.29, 0.717) is 6.42 Å². The molecule has 0 aliphatic heterocycles. The van der Waals surface area contributed by atoms with Gasteiger partial charge in [-0.25, -0.2) is 0 Å². The highest BCUT2D eigenvalue weighted by Gasteiger charge is 2.23. The van der Waals surface area contributed by atoms with Crippen molar-refractivity contribution in [2.24, 2.45) is 5.92 Å². The molecule has 2 aliphatic carbocycles. The maximum atomic E-state index is 11.9. The van der Waals surface area contributed by atoms with Gasteiger partial charge in [0, 0.05) is 6.42 Å². The van der Waals surface area contributed by atoms with E-state index >= 15 is 0 Å². The highest BCUT2D eigenvalue weighted by atomic mass is 16.3. The molecule has 0 radical (unpaired) electrons. The van der Waals surface area contributed by atoms with E-state index in [4.69, 9.17) is 0 Å². The molecular weight excluding hydrogens is 226 g/mol. The number of nitrogens with one attached hydrogen (secondary N) is 1. The number of rotatable bonds is 4. The molecule has 2 aliphatic rings. The maximum absolute atomic E-state index is 11.9. The molecular formula is C15H27NO2. The zero-order valence-electron chi connectivity index (χ0n) is 11.4. The second-order valence-electron chi connectivity index (χ2n) is 6.07. The Hall–Kier alpha value is -0.570. The Morgan fingerprint density at radius 2 is 1.67 bits per heavy atom. The highest BCUT2D eigenvalue weighted by Crippen LogP contribution is 2.28. The molecule has 0 saturated heterocycles. The number of aliphatic hydroxyl groups is 1. The third kappa shape index (κ3) is 4.27. The van der Waals surface area contributed by atoms with Crippen molar-refractivity contribution in [3.8, 4) is 0 Å². The molecule has 2 atom stereocenters. The molecule has 0 aromatic rings. The van der Waals surface area contributed by atoms with Gasteiger partial charge in [-0.3, -0.25) is 4.79 Å². The Labute approximate surface area is 110 Å². The number of carbonyl (C=O) groups is 1. The van der Waals surface area contributed by atoms with Gasteiger partial charge in [0.25, 0.3) is 0 Å². The first-order chi connectivity index (χ1) is 8.75. The van der Waals surface area contributed by atoms with E-state index in [2.05, 4.69) is 5.32 Å². The molecule has 2 saturated carbocycles. The molecule has 0 spiro atoms. The highest BCUT2D eigenvalue weighted by molar-refractivity contribution is 5.76. The molecule has 2 rings (SSSR count). The lowest BCUT2D eigenvalue weighted by Gasteiger charge is -2.22. The second kappa shape index (κ2) is 7.13. The van der Waals surface area contributed by atoms with Gasteiger partial charge in [-0.1, -0.05) is 44.9 Å². The molecule has 0 aromatic heterocycles. The quantitative estimate of drug-likeness (QED) is 0.757. The summed E-state index contributed by atoms with van der Waals surface area (Å²) >= 11 is 0. The summed E-state index contributed by atoms with van der Waals surface area (Å²) in [6, 6.07) is 0.00331. The fourth-order valence-electron chi connectivity index (χ4n) is 3.37. The lowest BCUT2D eigenvalue weighted by atomic mass is 10.0. The van der Waals surface area contributed by atoms with Crippen molar-refractivity contribution in [1.82, 2.24) is 5.32 Å². The third-order valence-corrected chi connectivity index (χ3v) is 4.58. The van der Waals surface area contributed by atoms with Gasteiger partial charge >= 0.3 is 0 Å². The van der Waals surface area contributed by atoms with Crippen molar-refractivity contribution in [1.29, 1.82) is 0 Å². The molecule has 0 aromatic carbocycles. The molecule has 1 amide bonds. The Kier molecular flexibility index (Phi) is 5.48. The third-order valence-electron chi connectivity index (χ3n) is 4.58. The Bertz CT molecular complexity index is 261. The van der Waals surface area contributed by atoms with Crippen LogP contribution in [0.4, 0.5) is 0 Å². The van der Waals surface area contributed by atoms with Crippen LogP contribution in [0.15, 0.2) is 0 Å². The molecule has 2 fully saturated rings. The molecule has 18 heavy (non-hydrogen) atoms. The summed E-state index contributed by atoms with van der Waals surface area (Å²) < 4.78 is 0. The topological polar surface area (TPSA) is 49.3 Å². The number of carbonyl (C=O) groups excluding carboxylic acids is 1. The Morgan fingerprint density at radius 1 is 1.00 bits per heavy atom. The zero-order valence-corrected chi connectivity index (χ0v) is 11.4. The van der Waals surface area contributed by atoms with Crippen molar-refractivity contribution >= 4 is 5.91 Å². The lowest BCUT2D eigenvalue weighted by Crippen LogP contribution is -2.42. The Morgan fingerprint density at radius 3 is 2.44 bits per heavy atom. The van der Waals surface area contributed by atoms with Crippen LogP contribution in [0.1, 0.15) is 70.6 Å². The maximum Gasteiger partial charge on any atom is 0.220 e. The van der Waals surface area contributed by atoms with E-state index in [1.807, 2.05) is 0 Å². The number of hydrogen-bond acceptors (Lipinski definition) is 2. The summed E-state index contributed by atoms with van der Waals surface area (Å²) in [7, 11) is 0. The summed E-state index contributed by atoms with van der Waals surface area (Å²) in [4.78, 5) is 11.9. The zero-order chi connectivity index (χ0) is 12.8. The van der Waals surface area contributed by atoms with Gasteiger partial charge in [0.15, 0.2) is 0 Å². The molecule has 104 valence electrons. The average molecular weight is 253 g/mol. The smallest absolute Gasteiger partial charge is 0.220 e. The first-order valence-electron chi connectivity index (χ1n) is 7.73. The van der Waals surface area contributed by atoms with Gasteiger partial charge in [-0.05, 0) is 25.2 Å². The normalized spacial score (nSPS) is 30.1. The van der Waals surface area contributed by atoms with Crippen molar-refractivity contribution in [2.75, 3.05) is 0 Å². The fourth-order valence-corrected chi connectivity index (χ4v) is 3.37. The van der Waals surface area contributed by atoms with Gasteiger partial charge in [0.05, 0.1) is 12.1 Å². The lowest BCUT2D eigenvalue weighted by molar-refractivity contribution is -0.123. The van der Waals surface area contributed by atoms with Crippen LogP contribution >= 0.6 is 0 Å². The minimum Gasteiger partial charge on any atom is -0.391 e. The van der Waals surface area contributed by atoms with Gasteiger partial charge in [-0.15, -0.1) is 0 Å². The minimum atomic E-state index is -0.331. The van der Waals surface area contributed by atoms with E-state index in [1.165, 1.54) is 32.1 Å². The molecule has 0 bridgehead atoms. The van der Waals surface area contributed by atoms with Crippen LogP contribution in [0.5, 0.6) is 0 Å². The SMILES string of the molecule is O=C(CCC1CCCC1)NC1CCCCCC1O. The Balaban J connectivity index is 1.68. The monoisotopic (exact) mass is 253 g/mol. The molecule has 3 heteroatoms. The number of amides is 1. The van der Waals surface area contributed by atoms with Gasteiger partial charge in [0.2, 0.25) is 5.91 Å². The standard InChI is InChI=1S/C15H27NO2/c17-14-9-3-1-2-8-13(14)16-15(18)11-10-12-6-4-5-7-12/h12-14,17H,1-11H2,(H,16,18). The molecule has 2 N–H and O–H groups in total. The van der Waals surface area contributed by atoms with Crippen LogP contribution in [0.25, 0.3) is 0 Å². The van der Waals surface area contributed by atoms with Crippen molar-refractivity contribution in [3.05, 3.63) is 0 Å². The average Bonchev–Trinajstić information content (AvgIpc) is 2.80. The van der Waals surface area contributed by atoms with Crippen LogP contribution in [0.3, 0.4) is 0 Å². The number of hydrogen-bond donors (Lipinski definition) is 2. The van der Waals surface area contributed by atoms with Crippen LogP contribution < -0.4 is 5.32 Å². The summed E-state index contributed by atoms with van der Waals surface area (Å²) in [5, 5.41) is 13.0. The van der Waals surface area contributed by atoms with Crippen molar-refractivity contribution in [3.63, 3.8) is 0 Å². The molecule has 3 nitrogen and oxygen atoms in total. The summed E-state index contributed by atoms with van der Waals surface area (Å²) in [6.45, 7) is 0. The summed E-state index contributed by atoms with van der Waals surface area (Å²) in [6.07, 6.45) is 11.8. The molecule has 2 unspecified atom stereocenters. The van der Waals surface area contributed by atoms with Gasteiger partial charge < -0.3 is 10.4 Å². The first-order valence-corrected chi connectivity index (χ1v) is 7.73. The fraction of sp³-hybridized carbons (Fsp3) is 0.933. The summed E-state index contributed by atoms with van der Waals surface area (Å²) in [5.74, 6) is 0.919. The second-order valence-corrected chi connectivity index (χ2v) is 6.07. The van der Waals surface area contributed by atoms with Gasteiger partial charge in [-0.2, -0.15) is 0 Å². The van der Waals surface area contributed by atoms with E-state index in [1.54, 1.807) is 0 Å². The predicted molar refractivity (Wildman–Crippen MR) is 72.2 cm³/mol. The van der Waals surface area contributed by atoms with Crippen LogP contribution in [-0.2, 0) is 4.79 Å². The van der Waals surface area contributed by atoms with Crippen molar-refractivity contribution < 1.29 is 9.90 Å². The first kappa shape index (κ1) is 13.9. The largest absolute Gasteiger partial charge is 0.391 e. The summed E-state index contributed by atoms with van der Waals surface area (Å²) in [5.41, 5.74) is 0. The minimum absolute atomic E-state index is 0.00331. The van der Waals surface area contributed by atoms with E-state index in [-0.39, 0.29) is 18.1 Å². The van der Waals surface area contributed by atoms with Crippen molar-refractivity contribution in [2.45, 2.75) is 82.8 Å². The van der Waals surface area contributed by atoms with Crippen LogP contribution in [-0.4, -0.2) is 23.2 Å². The van der Waals surface area contributed by atoms with E-state index in [0.717, 1.165) is 38.0 Å². The molecule has 0 heterocycles. The predicted octanol–water partition coefficient (Wildman–Crippen LogP) is 2.77. The number of aliphatic hydroxyl groups excluding tert-OH is 1. The van der Waals surface area contributed by atoms with E-state index < -0.39 is 0 Å². The van der Waals surface area contributed by atoms with Crippen LogP contribution in [0.2, 0.25) is 0 Å². The van der Waals surface area contributed by atoms with Gasteiger partial charge in [0.1, 0.15) is 0 Å².